The summed E-state index contributed by atoms with van der Waals surface area (Å²) in [5.41, 5.74) is 0. The van der Waals surface area contributed by atoms with Crippen LogP contribution in [-0.4, -0.2) is 20.4 Å². The summed E-state index contributed by atoms with van der Waals surface area (Å²) in [4.78, 5) is 24.0. The molecule has 0 saturated carbocycles. The molecule has 0 aliphatic rings. The van der Waals surface area contributed by atoms with E-state index >= 15 is 0 Å². The maximum Gasteiger partial charge on any atom is 0.106 e. The van der Waals surface area contributed by atoms with Gasteiger partial charge in [0.15, 0.2) is 0 Å². The van der Waals surface area contributed by atoms with Crippen LogP contribution in [-0.2, 0) is 14.4 Å². The van der Waals surface area contributed by atoms with Crippen molar-refractivity contribution in [3.8, 4) is 0 Å². The van der Waals surface area contributed by atoms with Crippen LogP contribution in [0.25, 0.3) is 0 Å². The Bertz CT molecular complexity index is 25.2. The summed E-state index contributed by atoms with van der Waals surface area (Å²) in [7, 11) is 0. The van der Waals surface area contributed by atoms with E-state index in [-0.39, 0.29) is 0 Å². The van der Waals surface area contributed by atoms with Crippen molar-refractivity contribution in [2.45, 2.75) is 0 Å². The highest BCUT2D eigenvalue weighted by atomic mass is 16.1. The number of hydrogen-bond acceptors (Lipinski definition) is 3. The molecule has 0 aromatic carbocycles. The first-order valence-electron chi connectivity index (χ1n) is 2.37. The summed E-state index contributed by atoms with van der Waals surface area (Å²) in [6.07, 6.45) is 0. The Labute approximate surface area is 75.1 Å². The molecule has 12 heavy (non-hydrogen) atoms. The number of hydrogen-bond donors (Lipinski definition) is 0. The lowest BCUT2D eigenvalue weighted by Gasteiger charge is -0.837. The van der Waals surface area contributed by atoms with Crippen LogP contribution in [0.3, 0.4) is 0 Å². The molecule has 0 amide bonds. The number of carbonyl (C=O) groups is 3. The molecule has 0 rings (SSSR count). The second-order valence-electron chi connectivity index (χ2n) is 0. The van der Waals surface area contributed by atoms with Gasteiger partial charge in [0.25, 0.3) is 0 Å². The Morgan fingerprint density at radius 3 is 0.333 bits per heavy atom. The summed E-state index contributed by atoms with van der Waals surface area (Å²) in [6.45, 7) is 24.0. The molecular weight excluding hydrogens is 156 g/mol. The lowest BCUT2D eigenvalue weighted by molar-refractivity contribution is -0.0987. The van der Waals surface area contributed by atoms with E-state index in [1.54, 1.807) is 0 Å². The molecule has 0 aliphatic heterocycles. The maximum atomic E-state index is 8.00. The predicted octanol–water partition coefficient (Wildman–Crippen LogP) is 1.85. The molecule has 0 atom stereocenters. The minimum Gasteiger partial charge on any atom is -0.307 e. The maximum absolute atomic E-state index is 8.00. The molecular formula is C9H18O3. The van der Waals surface area contributed by atoms with Gasteiger partial charge in [0.05, 0.1) is 0 Å². The molecule has 0 radical (unpaired) electrons. The van der Waals surface area contributed by atoms with E-state index in [2.05, 4.69) is 39.5 Å². The third kappa shape index (κ3) is 137. The van der Waals surface area contributed by atoms with Crippen molar-refractivity contribution in [3.05, 3.63) is 39.5 Å². The summed E-state index contributed by atoms with van der Waals surface area (Å²) < 4.78 is 0. The van der Waals surface area contributed by atoms with Gasteiger partial charge >= 0.3 is 0 Å². The molecule has 0 aromatic rings. The van der Waals surface area contributed by atoms with Gasteiger partial charge in [-0.2, -0.15) is 0 Å². The van der Waals surface area contributed by atoms with Crippen LogP contribution in [0.15, 0.2) is 39.5 Å². The van der Waals surface area contributed by atoms with Crippen molar-refractivity contribution < 1.29 is 14.4 Å². The van der Waals surface area contributed by atoms with E-state index in [1.807, 2.05) is 20.4 Å². The molecule has 3 heteroatoms. The SMILES string of the molecule is C=C.C=C.C=C.C=O.C=O.C=O. The van der Waals surface area contributed by atoms with Crippen LogP contribution >= 0.6 is 0 Å². The largest absolute Gasteiger partial charge is 0.307 e. The standard InChI is InChI=1S/3C2H4.3CH2O/c6*1-2/h3*1-2H2;3*1H2. The first-order chi connectivity index (χ1) is 6.00. The quantitative estimate of drug-likeness (QED) is 0.526. The summed E-state index contributed by atoms with van der Waals surface area (Å²) in [5, 5.41) is 0. The van der Waals surface area contributed by atoms with E-state index in [4.69, 9.17) is 14.4 Å². The average molecular weight is 174 g/mol. The molecule has 72 valence electrons. The zero-order valence-electron chi connectivity index (χ0n) is 7.59. The fourth-order valence-electron chi connectivity index (χ4n) is 0. The summed E-state index contributed by atoms with van der Waals surface area (Å²) in [6, 6.07) is 0. The molecule has 0 aliphatic carbocycles. The lowest BCUT2D eigenvalue weighted by atomic mass is 11.3. The minimum absolute atomic E-state index is 2.00. The second kappa shape index (κ2) is 200. The zero-order valence-corrected chi connectivity index (χ0v) is 7.59. The van der Waals surface area contributed by atoms with Crippen molar-refractivity contribution >= 4 is 20.4 Å². The molecule has 0 bridgehead atoms. The highest BCUT2D eigenvalue weighted by Crippen LogP contribution is 0.866. The van der Waals surface area contributed by atoms with Crippen molar-refractivity contribution in [3.63, 3.8) is 0 Å². The monoisotopic (exact) mass is 174 g/mol. The number of carbonyl (C=O) groups excluding carboxylic acids is 3. The molecule has 0 spiro atoms. The third-order valence-electron chi connectivity index (χ3n) is 0. The van der Waals surface area contributed by atoms with Crippen LogP contribution < -0.4 is 0 Å². The van der Waals surface area contributed by atoms with Crippen LogP contribution in [0.2, 0.25) is 0 Å². The van der Waals surface area contributed by atoms with Gasteiger partial charge in [-0.3, -0.25) is 0 Å². The van der Waals surface area contributed by atoms with Crippen LogP contribution in [0, 0.1) is 0 Å². The first-order valence-corrected chi connectivity index (χ1v) is 2.37. The summed E-state index contributed by atoms with van der Waals surface area (Å²) in [5.74, 6) is 0. The Kier molecular flexibility index (Phi) is 810. The molecule has 0 unspecified atom stereocenters. The second-order valence-corrected chi connectivity index (χ2v) is 0. The minimum atomic E-state index is 2.00. The normalized spacial score (nSPS) is 2.00. The lowest BCUT2D eigenvalue weighted by Crippen LogP contribution is -0.925. The van der Waals surface area contributed by atoms with Gasteiger partial charge in [-0.05, 0) is 0 Å². The third-order valence-corrected chi connectivity index (χ3v) is 0. The van der Waals surface area contributed by atoms with Gasteiger partial charge in [-0.15, -0.1) is 39.5 Å². The van der Waals surface area contributed by atoms with Crippen LogP contribution in [0.5, 0.6) is 0 Å². The van der Waals surface area contributed by atoms with Crippen LogP contribution in [0.4, 0.5) is 0 Å². The van der Waals surface area contributed by atoms with Gasteiger partial charge < -0.3 is 14.4 Å². The number of rotatable bonds is 0. The van der Waals surface area contributed by atoms with E-state index < -0.39 is 0 Å². The van der Waals surface area contributed by atoms with Gasteiger partial charge in [0, 0.05) is 0 Å². The van der Waals surface area contributed by atoms with Gasteiger partial charge in [-0.1, -0.05) is 0 Å². The van der Waals surface area contributed by atoms with E-state index in [1.165, 1.54) is 0 Å². The Morgan fingerprint density at radius 2 is 0.333 bits per heavy atom. The molecule has 3 nitrogen and oxygen atoms in total. The fourth-order valence-corrected chi connectivity index (χ4v) is 0. The van der Waals surface area contributed by atoms with Gasteiger partial charge in [0.2, 0.25) is 0 Å². The highest BCUT2D eigenvalue weighted by Gasteiger charge is 0.641. The van der Waals surface area contributed by atoms with Gasteiger partial charge in [-0.25, -0.2) is 0 Å². The van der Waals surface area contributed by atoms with Gasteiger partial charge in [0.1, 0.15) is 20.4 Å². The Balaban J connectivity index is -0.00000000900. The van der Waals surface area contributed by atoms with E-state index in [0.717, 1.165) is 0 Å². The fraction of sp³-hybridized carbons (Fsp3) is 0. The highest BCUT2D eigenvalue weighted by molar-refractivity contribution is 5.11. The Hall–Kier alpha value is -1.77. The van der Waals surface area contributed by atoms with E-state index in [9.17, 15) is 0 Å². The Morgan fingerprint density at radius 1 is 0.333 bits per heavy atom. The van der Waals surface area contributed by atoms with Crippen molar-refractivity contribution in [1.82, 2.24) is 0 Å². The average Bonchev–Trinajstić information content (AvgIpc) is 2.33. The molecule has 0 fully saturated rings. The smallest absolute Gasteiger partial charge is 0.106 e. The zero-order chi connectivity index (χ0) is 12.0. The molecule has 0 heterocycles. The molecule has 0 N–H and O–H groups in total. The first kappa shape index (κ1) is 48.7. The summed E-state index contributed by atoms with van der Waals surface area (Å²) >= 11 is 0. The van der Waals surface area contributed by atoms with Crippen molar-refractivity contribution in [2.24, 2.45) is 0 Å². The topological polar surface area (TPSA) is 51.2 Å². The van der Waals surface area contributed by atoms with Crippen molar-refractivity contribution in [2.75, 3.05) is 0 Å². The predicted molar refractivity (Wildman–Crippen MR) is 55.1 cm³/mol. The molecule has 0 saturated heterocycles. The van der Waals surface area contributed by atoms with Crippen LogP contribution in [0.1, 0.15) is 0 Å². The molecule has 0 aromatic heterocycles. The van der Waals surface area contributed by atoms with E-state index in [0.29, 0.717) is 0 Å². The van der Waals surface area contributed by atoms with Crippen molar-refractivity contribution in [1.29, 1.82) is 0 Å².